The van der Waals surface area contributed by atoms with E-state index in [0.29, 0.717) is 5.41 Å². The zero-order valence-electron chi connectivity index (χ0n) is 13.9. The van der Waals surface area contributed by atoms with Crippen molar-refractivity contribution >= 4 is 0 Å². The van der Waals surface area contributed by atoms with Gasteiger partial charge in [-0.1, -0.05) is 81.1 Å². The lowest BCUT2D eigenvalue weighted by Gasteiger charge is -2.24. The Bertz CT molecular complexity index is 139. The van der Waals surface area contributed by atoms with Crippen LogP contribution in [0.15, 0.2) is 0 Å². The molecule has 0 radical (unpaired) electrons. The van der Waals surface area contributed by atoms with E-state index in [9.17, 15) is 0 Å². The third-order valence-electron chi connectivity index (χ3n) is 3.17. The van der Waals surface area contributed by atoms with Gasteiger partial charge in [0.15, 0.2) is 0 Å². The first kappa shape index (κ1) is 19.3. The average molecular weight is 242 g/mol. The van der Waals surface area contributed by atoms with Crippen LogP contribution in [-0.4, -0.2) is 0 Å². The van der Waals surface area contributed by atoms with E-state index in [2.05, 4.69) is 55.4 Å². The molecule has 106 valence electrons. The van der Waals surface area contributed by atoms with Crippen LogP contribution in [0.2, 0.25) is 0 Å². The number of rotatable bonds is 6. The smallest absolute Gasteiger partial charge is 0.0380 e. The van der Waals surface area contributed by atoms with Gasteiger partial charge in [-0.05, 0) is 30.1 Å². The van der Waals surface area contributed by atoms with Crippen LogP contribution in [0.25, 0.3) is 0 Å². The summed E-state index contributed by atoms with van der Waals surface area (Å²) in [5, 5.41) is 0. The van der Waals surface area contributed by atoms with Crippen molar-refractivity contribution in [1.82, 2.24) is 0 Å². The van der Waals surface area contributed by atoms with E-state index < -0.39 is 0 Å². The second-order valence-electron chi connectivity index (χ2n) is 6.97. The highest BCUT2D eigenvalue weighted by Gasteiger charge is 2.16. The van der Waals surface area contributed by atoms with E-state index in [4.69, 9.17) is 0 Å². The maximum Gasteiger partial charge on any atom is -0.0380 e. The molecule has 0 rings (SSSR count). The highest BCUT2D eigenvalue weighted by molar-refractivity contribution is 4.67. The van der Waals surface area contributed by atoms with Crippen molar-refractivity contribution in [2.24, 2.45) is 17.3 Å². The molecule has 2 atom stereocenters. The normalized spacial score (nSPS) is 14.8. The second-order valence-corrected chi connectivity index (χ2v) is 6.97. The molecular weight excluding hydrogens is 204 g/mol. The topological polar surface area (TPSA) is 0 Å². The molecule has 0 aromatic carbocycles. The summed E-state index contributed by atoms with van der Waals surface area (Å²) in [6, 6.07) is 0. The first-order valence-corrected chi connectivity index (χ1v) is 7.76. The Morgan fingerprint density at radius 3 is 1.53 bits per heavy atom. The fraction of sp³-hybridized carbons (Fsp3) is 1.00. The van der Waals surface area contributed by atoms with Gasteiger partial charge in [0.05, 0.1) is 0 Å². The first-order chi connectivity index (χ1) is 7.76. The minimum atomic E-state index is 0.507. The van der Waals surface area contributed by atoms with Crippen LogP contribution in [0.5, 0.6) is 0 Å². The lowest BCUT2D eigenvalue weighted by molar-refractivity contribution is 0.271. The molecule has 0 amide bonds. The van der Waals surface area contributed by atoms with Gasteiger partial charge in [0.1, 0.15) is 0 Å². The van der Waals surface area contributed by atoms with Gasteiger partial charge >= 0.3 is 0 Å². The van der Waals surface area contributed by atoms with Gasteiger partial charge in [-0.2, -0.15) is 0 Å². The SMILES string of the molecule is CCC(C)CC(C)CC(C)(C)C.CCCCC. The minimum absolute atomic E-state index is 0.507. The van der Waals surface area contributed by atoms with E-state index in [1.54, 1.807) is 0 Å². The van der Waals surface area contributed by atoms with Gasteiger partial charge in [0, 0.05) is 0 Å². The molecular formula is C17H38. The van der Waals surface area contributed by atoms with Crippen molar-refractivity contribution in [3.05, 3.63) is 0 Å². The molecule has 0 spiro atoms. The molecule has 0 saturated heterocycles. The molecule has 0 aliphatic carbocycles. The predicted octanol–water partition coefficient (Wildman–Crippen LogP) is 6.69. The second kappa shape index (κ2) is 11.1. The van der Waals surface area contributed by atoms with Crippen molar-refractivity contribution in [1.29, 1.82) is 0 Å². The minimum Gasteiger partial charge on any atom is -0.0654 e. The Balaban J connectivity index is 0. The van der Waals surface area contributed by atoms with Gasteiger partial charge in [-0.25, -0.2) is 0 Å². The molecule has 0 aromatic heterocycles. The summed E-state index contributed by atoms with van der Waals surface area (Å²) in [4.78, 5) is 0. The Morgan fingerprint density at radius 2 is 1.29 bits per heavy atom. The van der Waals surface area contributed by atoms with E-state index in [1.807, 2.05) is 0 Å². The van der Waals surface area contributed by atoms with Gasteiger partial charge in [-0.15, -0.1) is 0 Å². The molecule has 0 N–H and O–H groups in total. The van der Waals surface area contributed by atoms with E-state index >= 15 is 0 Å². The first-order valence-electron chi connectivity index (χ1n) is 7.76. The third kappa shape index (κ3) is 18.6. The van der Waals surface area contributed by atoms with Gasteiger partial charge in [0.2, 0.25) is 0 Å². The molecule has 0 aliphatic rings. The van der Waals surface area contributed by atoms with E-state index in [-0.39, 0.29) is 0 Å². The summed E-state index contributed by atoms with van der Waals surface area (Å²) < 4.78 is 0. The number of hydrogen-bond acceptors (Lipinski definition) is 0. The largest absolute Gasteiger partial charge is 0.0654 e. The fourth-order valence-corrected chi connectivity index (χ4v) is 2.34. The maximum atomic E-state index is 2.39. The highest BCUT2D eigenvalue weighted by Crippen LogP contribution is 2.28. The van der Waals surface area contributed by atoms with Crippen LogP contribution in [0.3, 0.4) is 0 Å². The Kier molecular flexibility index (Phi) is 12.6. The van der Waals surface area contributed by atoms with Crippen molar-refractivity contribution in [2.75, 3.05) is 0 Å². The molecule has 0 nitrogen and oxygen atoms in total. The van der Waals surface area contributed by atoms with Gasteiger partial charge < -0.3 is 0 Å². The molecule has 0 bridgehead atoms. The summed E-state index contributed by atoms with van der Waals surface area (Å²) in [6.07, 6.45) is 8.16. The van der Waals surface area contributed by atoms with Crippen LogP contribution < -0.4 is 0 Å². The van der Waals surface area contributed by atoms with Crippen LogP contribution in [0.1, 0.15) is 93.9 Å². The van der Waals surface area contributed by atoms with Gasteiger partial charge in [-0.3, -0.25) is 0 Å². The average Bonchev–Trinajstić information content (AvgIpc) is 2.16. The quantitative estimate of drug-likeness (QED) is 0.486. The maximum absolute atomic E-state index is 2.39. The molecule has 0 heteroatoms. The van der Waals surface area contributed by atoms with Crippen molar-refractivity contribution < 1.29 is 0 Å². The summed E-state index contributed by atoms with van der Waals surface area (Å²) in [5.41, 5.74) is 0.507. The fourth-order valence-electron chi connectivity index (χ4n) is 2.34. The van der Waals surface area contributed by atoms with Crippen LogP contribution >= 0.6 is 0 Å². The molecule has 0 aromatic rings. The third-order valence-corrected chi connectivity index (χ3v) is 3.17. The molecule has 0 aliphatic heterocycles. The highest BCUT2D eigenvalue weighted by atomic mass is 14.2. The zero-order chi connectivity index (χ0) is 13.9. The lowest BCUT2D eigenvalue weighted by atomic mass is 9.81. The predicted molar refractivity (Wildman–Crippen MR) is 82.5 cm³/mol. The summed E-state index contributed by atoms with van der Waals surface area (Å²) in [7, 11) is 0. The molecule has 0 fully saturated rings. The number of hydrogen-bond donors (Lipinski definition) is 0. The Morgan fingerprint density at radius 1 is 0.824 bits per heavy atom. The van der Waals surface area contributed by atoms with Crippen molar-refractivity contribution in [2.45, 2.75) is 93.9 Å². The monoisotopic (exact) mass is 242 g/mol. The number of unbranched alkanes of at least 4 members (excludes halogenated alkanes) is 2. The summed E-state index contributed by atoms with van der Waals surface area (Å²) >= 11 is 0. The molecule has 0 saturated carbocycles. The summed E-state index contributed by atoms with van der Waals surface area (Å²) in [5.74, 6) is 1.79. The van der Waals surface area contributed by atoms with Crippen LogP contribution in [-0.2, 0) is 0 Å². The Labute approximate surface area is 112 Å². The zero-order valence-corrected chi connectivity index (χ0v) is 13.9. The standard InChI is InChI=1S/C12H26.C5H12/c1-7-10(2)8-11(3)9-12(4,5)6;1-3-5-4-2/h10-11H,7-9H2,1-6H3;3-5H2,1-2H3. The van der Waals surface area contributed by atoms with E-state index in [1.165, 1.54) is 38.5 Å². The van der Waals surface area contributed by atoms with Crippen LogP contribution in [0, 0.1) is 17.3 Å². The van der Waals surface area contributed by atoms with Crippen molar-refractivity contribution in [3.8, 4) is 0 Å². The molecule has 2 unspecified atom stereocenters. The Hall–Kier alpha value is 0. The van der Waals surface area contributed by atoms with Crippen LogP contribution in [0.4, 0.5) is 0 Å². The van der Waals surface area contributed by atoms with E-state index in [0.717, 1.165) is 11.8 Å². The van der Waals surface area contributed by atoms with Gasteiger partial charge in [0.25, 0.3) is 0 Å². The van der Waals surface area contributed by atoms with Crippen molar-refractivity contribution in [3.63, 3.8) is 0 Å². The summed E-state index contributed by atoms with van der Waals surface area (Å²) in [6.45, 7) is 18.5. The lowest BCUT2D eigenvalue weighted by Crippen LogP contribution is -2.13. The molecule has 17 heavy (non-hydrogen) atoms. The molecule has 0 heterocycles.